The van der Waals surface area contributed by atoms with E-state index in [0.717, 1.165) is 26.7 Å². The van der Waals surface area contributed by atoms with Gasteiger partial charge in [0.1, 0.15) is 22.5 Å². The fraction of sp³-hybridized carbons (Fsp3) is 0.286. The van der Waals surface area contributed by atoms with Crippen molar-refractivity contribution < 1.29 is 0 Å². The van der Waals surface area contributed by atoms with Crippen LogP contribution in [0.4, 0.5) is 5.82 Å². The molecular formula is C14H14N6S2. The summed E-state index contributed by atoms with van der Waals surface area (Å²) in [5.74, 6) is 0.865. The largest absolute Gasteiger partial charge is 0.361 e. The van der Waals surface area contributed by atoms with Crippen molar-refractivity contribution in [2.45, 2.75) is 26.8 Å². The molecule has 4 aromatic heterocycles. The standard InChI is InChI=1S/C14H14N6S2/c1-7-9(3)22-13-11(7)12(15-5-16-13)18-8(2)10-4-20-14(19-10)21-6-17-20/h4-6,8H,1-3H3,(H,15,16,18). The molecule has 0 fully saturated rings. The van der Waals surface area contributed by atoms with Crippen LogP contribution in [0, 0.1) is 13.8 Å². The molecule has 0 saturated heterocycles. The predicted molar refractivity (Wildman–Crippen MR) is 89.8 cm³/mol. The number of rotatable bonds is 3. The molecular weight excluding hydrogens is 316 g/mol. The van der Waals surface area contributed by atoms with Crippen molar-refractivity contribution in [1.29, 1.82) is 0 Å². The Hall–Kier alpha value is -2.06. The number of aryl methyl sites for hydroxylation is 2. The minimum atomic E-state index is 0.0478. The summed E-state index contributed by atoms with van der Waals surface area (Å²) in [5, 5.41) is 8.79. The molecule has 0 saturated carbocycles. The van der Waals surface area contributed by atoms with E-state index in [1.165, 1.54) is 21.8 Å². The van der Waals surface area contributed by atoms with Gasteiger partial charge in [-0.15, -0.1) is 11.3 Å². The Morgan fingerprint density at radius 3 is 2.95 bits per heavy atom. The molecule has 4 rings (SSSR count). The van der Waals surface area contributed by atoms with Crippen LogP contribution in [0.3, 0.4) is 0 Å². The van der Waals surface area contributed by atoms with E-state index in [4.69, 9.17) is 0 Å². The van der Waals surface area contributed by atoms with Crippen LogP contribution in [0.5, 0.6) is 0 Å². The average Bonchev–Trinajstić information content (AvgIpc) is 3.14. The van der Waals surface area contributed by atoms with Crippen LogP contribution in [0.1, 0.15) is 29.1 Å². The topological polar surface area (TPSA) is 68.0 Å². The van der Waals surface area contributed by atoms with Gasteiger partial charge in [-0.2, -0.15) is 5.10 Å². The molecule has 0 aromatic carbocycles. The summed E-state index contributed by atoms with van der Waals surface area (Å²) >= 11 is 3.23. The highest BCUT2D eigenvalue weighted by Crippen LogP contribution is 2.33. The van der Waals surface area contributed by atoms with Crippen molar-refractivity contribution in [2.24, 2.45) is 0 Å². The molecule has 0 radical (unpaired) electrons. The van der Waals surface area contributed by atoms with Gasteiger partial charge in [-0.05, 0) is 26.3 Å². The molecule has 0 aliphatic heterocycles. The van der Waals surface area contributed by atoms with Gasteiger partial charge >= 0.3 is 0 Å². The number of anilines is 1. The van der Waals surface area contributed by atoms with Crippen molar-refractivity contribution >= 4 is 43.7 Å². The van der Waals surface area contributed by atoms with Crippen molar-refractivity contribution in [3.05, 3.63) is 34.2 Å². The maximum Gasteiger partial charge on any atom is 0.212 e. The molecule has 4 aromatic rings. The fourth-order valence-corrected chi connectivity index (χ4v) is 4.04. The number of thiophene rings is 1. The van der Waals surface area contributed by atoms with E-state index in [9.17, 15) is 0 Å². The number of nitrogens with zero attached hydrogens (tertiary/aromatic N) is 5. The second-order valence-electron chi connectivity index (χ2n) is 5.18. The van der Waals surface area contributed by atoms with E-state index >= 15 is 0 Å². The van der Waals surface area contributed by atoms with Gasteiger partial charge in [0.2, 0.25) is 4.96 Å². The summed E-state index contributed by atoms with van der Waals surface area (Å²) in [6.45, 7) is 6.31. The van der Waals surface area contributed by atoms with Gasteiger partial charge in [-0.1, -0.05) is 11.3 Å². The maximum atomic E-state index is 4.59. The van der Waals surface area contributed by atoms with Gasteiger partial charge in [-0.3, -0.25) is 0 Å². The Kier molecular flexibility index (Phi) is 3.08. The average molecular weight is 330 g/mol. The monoisotopic (exact) mass is 330 g/mol. The Labute approximate surface area is 134 Å². The van der Waals surface area contributed by atoms with Crippen molar-refractivity contribution in [3.8, 4) is 0 Å². The number of imidazole rings is 1. The molecule has 4 heterocycles. The van der Waals surface area contributed by atoms with Crippen LogP contribution < -0.4 is 5.32 Å². The molecule has 1 N–H and O–H groups in total. The van der Waals surface area contributed by atoms with Gasteiger partial charge < -0.3 is 5.32 Å². The Morgan fingerprint density at radius 1 is 1.27 bits per heavy atom. The first-order valence-electron chi connectivity index (χ1n) is 6.89. The van der Waals surface area contributed by atoms with E-state index in [-0.39, 0.29) is 6.04 Å². The highest BCUT2D eigenvalue weighted by molar-refractivity contribution is 7.18. The molecule has 112 valence electrons. The summed E-state index contributed by atoms with van der Waals surface area (Å²) in [6, 6.07) is 0.0478. The Morgan fingerprint density at radius 2 is 2.14 bits per heavy atom. The second kappa shape index (κ2) is 4.99. The normalized spacial score (nSPS) is 13.0. The lowest BCUT2D eigenvalue weighted by Gasteiger charge is -2.13. The van der Waals surface area contributed by atoms with Gasteiger partial charge in [-0.25, -0.2) is 19.5 Å². The quantitative estimate of drug-likeness (QED) is 0.622. The molecule has 1 atom stereocenters. The van der Waals surface area contributed by atoms with Gasteiger partial charge in [0, 0.05) is 4.88 Å². The zero-order valence-electron chi connectivity index (χ0n) is 12.4. The number of nitrogens with one attached hydrogen (secondary N) is 1. The third kappa shape index (κ3) is 2.06. The van der Waals surface area contributed by atoms with Crippen LogP contribution in [0.15, 0.2) is 18.0 Å². The van der Waals surface area contributed by atoms with Crippen LogP contribution in [-0.4, -0.2) is 24.6 Å². The lowest BCUT2D eigenvalue weighted by atomic mass is 10.2. The first-order chi connectivity index (χ1) is 10.6. The van der Waals surface area contributed by atoms with Crippen molar-refractivity contribution in [2.75, 3.05) is 5.32 Å². The molecule has 0 aliphatic carbocycles. The van der Waals surface area contributed by atoms with Crippen LogP contribution >= 0.6 is 22.7 Å². The van der Waals surface area contributed by atoms with Crippen molar-refractivity contribution in [3.63, 3.8) is 0 Å². The second-order valence-corrected chi connectivity index (χ2v) is 7.20. The zero-order chi connectivity index (χ0) is 15.3. The summed E-state index contributed by atoms with van der Waals surface area (Å²) in [4.78, 5) is 16.6. The molecule has 0 amide bonds. The molecule has 22 heavy (non-hydrogen) atoms. The molecule has 0 bridgehead atoms. The van der Waals surface area contributed by atoms with Gasteiger partial charge in [0.05, 0.1) is 23.3 Å². The lowest BCUT2D eigenvalue weighted by molar-refractivity contribution is 0.839. The van der Waals surface area contributed by atoms with E-state index in [1.807, 2.05) is 6.20 Å². The van der Waals surface area contributed by atoms with E-state index in [0.29, 0.717) is 0 Å². The predicted octanol–water partition coefficient (Wildman–Crippen LogP) is 3.59. The summed E-state index contributed by atoms with van der Waals surface area (Å²) < 4.78 is 1.80. The zero-order valence-corrected chi connectivity index (χ0v) is 14.0. The molecule has 6 nitrogen and oxygen atoms in total. The first-order valence-corrected chi connectivity index (χ1v) is 8.59. The van der Waals surface area contributed by atoms with E-state index in [2.05, 4.69) is 46.1 Å². The van der Waals surface area contributed by atoms with E-state index in [1.54, 1.807) is 27.7 Å². The molecule has 1 unspecified atom stereocenters. The van der Waals surface area contributed by atoms with Gasteiger partial charge in [0.15, 0.2) is 0 Å². The summed E-state index contributed by atoms with van der Waals surface area (Å²) in [7, 11) is 0. The Balaban J connectivity index is 1.72. The molecule has 0 spiro atoms. The number of hydrogen-bond donors (Lipinski definition) is 1. The minimum absolute atomic E-state index is 0.0478. The highest BCUT2D eigenvalue weighted by atomic mass is 32.1. The SMILES string of the molecule is Cc1sc2ncnc(NC(C)c3cn4ncsc4n3)c2c1C. The van der Waals surface area contributed by atoms with Crippen LogP contribution in [0.2, 0.25) is 0 Å². The van der Waals surface area contributed by atoms with Crippen LogP contribution in [-0.2, 0) is 0 Å². The van der Waals surface area contributed by atoms with E-state index < -0.39 is 0 Å². The summed E-state index contributed by atoms with van der Waals surface area (Å²) in [6.07, 6.45) is 3.56. The van der Waals surface area contributed by atoms with Crippen molar-refractivity contribution in [1.82, 2.24) is 24.6 Å². The van der Waals surface area contributed by atoms with Gasteiger partial charge in [0.25, 0.3) is 0 Å². The smallest absolute Gasteiger partial charge is 0.212 e. The first kappa shape index (κ1) is 13.6. The summed E-state index contributed by atoms with van der Waals surface area (Å²) in [5.41, 5.74) is 3.98. The molecule has 8 heteroatoms. The Bertz CT molecular complexity index is 938. The number of fused-ring (bicyclic) bond motifs is 2. The number of hydrogen-bond acceptors (Lipinski definition) is 7. The minimum Gasteiger partial charge on any atom is -0.361 e. The maximum absolute atomic E-state index is 4.59. The number of aromatic nitrogens is 5. The lowest BCUT2D eigenvalue weighted by Crippen LogP contribution is -2.09. The third-order valence-electron chi connectivity index (χ3n) is 3.77. The fourth-order valence-electron chi connectivity index (χ4n) is 2.44. The third-order valence-corrected chi connectivity index (χ3v) is 5.57. The highest BCUT2D eigenvalue weighted by Gasteiger charge is 2.16. The molecule has 0 aliphatic rings. The van der Waals surface area contributed by atoms with Crippen LogP contribution in [0.25, 0.3) is 15.2 Å².